The van der Waals surface area contributed by atoms with Crippen LogP contribution in [-0.2, 0) is 4.79 Å². The number of carbonyl (C=O) groups is 1. The molecule has 1 atom stereocenters. The number of hydrogen-bond acceptors (Lipinski definition) is 3. The summed E-state index contributed by atoms with van der Waals surface area (Å²) < 4.78 is 0. The van der Waals surface area contributed by atoms with Crippen molar-refractivity contribution in [1.82, 2.24) is 5.32 Å². The van der Waals surface area contributed by atoms with Crippen LogP contribution in [0.3, 0.4) is 0 Å². The van der Waals surface area contributed by atoms with E-state index >= 15 is 0 Å². The Morgan fingerprint density at radius 3 is 2.84 bits per heavy atom. The number of aliphatic hydroxyl groups is 1. The van der Waals surface area contributed by atoms with Crippen molar-refractivity contribution in [2.24, 2.45) is 5.41 Å². The summed E-state index contributed by atoms with van der Waals surface area (Å²) in [6.07, 6.45) is 2.66. The Bertz CT molecular complexity index is 497. The number of amides is 1. The first-order valence-corrected chi connectivity index (χ1v) is 6.85. The van der Waals surface area contributed by atoms with Gasteiger partial charge in [0.1, 0.15) is 0 Å². The molecule has 1 saturated carbocycles. The van der Waals surface area contributed by atoms with E-state index in [0.29, 0.717) is 6.42 Å². The second kappa shape index (κ2) is 4.62. The van der Waals surface area contributed by atoms with Gasteiger partial charge in [-0.15, -0.1) is 0 Å². The molecule has 0 bridgehead atoms. The fourth-order valence-corrected chi connectivity index (χ4v) is 2.73. The third-order valence-corrected chi connectivity index (χ3v) is 4.44. The highest BCUT2D eigenvalue weighted by molar-refractivity contribution is 5.96. The zero-order valence-electron chi connectivity index (χ0n) is 11.2. The van der Waals surface area contributed by atoms with E-state index in [9.17, 15) is 9.90 Å². The number of rotatable bonds is 4. The SMILES string of the molecule is CN1C(=O)CC(NCC2(CO)CC2)c2ccccc21. The maximum absolute atomic E-state index is 12.0. The molecule has 1 aliphatic carbocycles. The highest BCUT2D eigenvalue weighted by Gasteiger charge is 2.42. The van der Waals surface area contributed by atoms with Crippen LogP contribution in [0, 0.1) is 5.41 Å². The Morgan fingerprint density at radius 1 is 1.42 bits per heavy atom. The van der Waals surface area contributed by atoms with E-state index in [-0.39, 0.29) is 24.0 Å². The largest absolute Gasteiger partial charge is 0.396 e. The highest BCUT2D eigenvalue weighted by atomic mass is 16.3. The molecule has 4 nitrogen and oxygen atoms in total. The predicted octanol–water partition coefficient (Wildman–Crippen LogP) is 1.46. The Balaban J connectivity index is 1.78. The van der Waals surface area contributed by atoms with Crippen molar-refractivity contribution < 1.29 is 9.90 Å². The summed E-state index contributed by atoms with van der Waals surface area (Å²) in [4.78, 5) is 13.7. The van der Waals surface area contributed by atoms with E-state index in [1.54, 1.807) is 4.90 Å². The van der Waals surface area contributed by atoms with Crippen LogP contribution in [0.4, 0.5) is 5.69 Å². The molecule has 2 aliphatic rings. The van der Waals surface area contributed by atoms with Gasteiger partial charge in [-0.25, -0.2) is 0 Å². The molecule has 1 unspecified atom stereocenters. The van der Waals surface area contributed by atoms with Crippen LogP contribution < -0.4 is 10.2 Å². The summed E-state index contributed by atoms with van der Waals surface area (Å²) in [6.45, 7) is 1.03. The molecule has 0 aromatic heterocycles. The molecule has 3 rings (SSSR count). The van der Waals surface area contributed by atoms with Crippen LogP contribution in [0.2, 0.25) is 0 Å². The van der Waals surface area contributed by atoms with Gasteiger partial charge in [-0.3, -0.25) is 4.79 Å². The van der Waals surface area contributed by atoms with Crippen molar-refractivity contribution in [1.29, 1.82) is 0 Å². The average Bonchev–Trinajstić information content (AvgIpc) is 3.22. The fraction of sp³-hybridized carbons (Fsp3) is 0.533. The molecule has 1 aromatic rings. The zero-order chi connectivity index (χ0) is 13.5. The molecule has 1 aromatic carbocycles. The lowest BCUT2D eigenvalue weighted by Crippen LogP contribution is -2.39. The third kappa shape index (κ3) is 2.26. The molecule has 1 amide bonds. The van der Waals surface area contributed by atoms with Gasteiger partial charge < -0.3 is 15.3 Å². The number of anilines is 1. The number of benzene rings is 1. The summed E-state index contributed by atoms with van der Waals surface area (Å²) in [5.74, 6) is 0.144. The molecule has 1 heterocycles. The van der Waals surface area contributed by atoms with E-state index in [2.05, 4.69) is 11.4 Å². The lowest BCUT2D eigenvalue weighted by molar-refractivity contribution is -0.119. The van der Waals surface area contributed by atoms with E-state index < -0.39 is 0 Å². The lowest BCUT2D eigenvalue weighted by Gasteiger charge is -2.33. The van der Waals surface area contributed by atoms with Gasteiger partial charge in [0.15, 0.2) is 0 Å². The molecule has 2 N–H and O–H groups in total. The molecule has 19 heavy (non-hydrogen) atoms. The van der Waals surface area contributed by atoms with Gasteiger partial charge >= 0.3 is 0 Å². The average molecular weight is 260 g/mol. The minimum absolute atomic E-state index is 0.0708. The number of aliphatic hydroxyl groups excluding tert-OH is 1. The number of carbonyl (C=O) groups excluding carboxylic acids is 1. The lowest BCUT2D eigenvalue weighted by atomic mass is 9.95. The topological polar surface area (TPSA) is 52.6 Å². The van der Waals surface area contributed by atoms with Gasteiger partial charge in [0.2, 0.25) is 5.91 Å². The predicted molar refractivity (Wildman–Crippen MR) is 74.0 cm³/mol. The van der Waals surface area contributed by atoms with Gasteiger partial charge in [0.25, 0.3) is 0 Å². The maximum atomic E-state index is 12.0. The highest BCUT2D eigenvalue weighted by Crippen LogP contribution is 2.45. The van der Waals surface area contributed by atoms with Crippen LogP contribution in [0.25, 0.3) is 0 Å². The van der Waals surface area contributed by atoms with Crippen molar-refractivity contribution in [3.63, 3.8) is 0 Å². The molecule has 1 aliphatic heterocycles. The monoisotopic (exact) mass is 260 g/mol. The van der Waals surface area contributed by atoms with Gasteiger partial charge in [-0.1, -0.05) is 18.2 Å². The minimum Gasteiger partial charge on any atom is -0.396 e. The number of nitrogens with zero attached hydrogens (tertiary/aromatic N) is 1. The number of fused-ring (bicyclic) bond motifs is 1. The fourth-order valence-electron chi connectivity index (χ4n) is 2.73. The first-order valence-electron chi connectivity index (χ1n) is 6.85. The molecular formula is C15H20N2O2. The van der Waals surface area contributed by atoms with Gasteiger partial charge in [-0.2, -0.15) is 0 Å². The summed E-state index contributed by atoms with van der Waals surface area (Å²) in [7, 11) is 1.83. The quantitative estimate of drug-likeness (QED) is 0.861. The number of nitrogens with one attached hydrogen (secondary N) is 1. The summed E-state index contributed by atoms with van der Waals surface area (Å²) in [5, 5.41) is 12.8. The number of para-hydroxylation sites is 1. The van der Waals surface area contributed by atoms with Gasteiger partial charge in [-0.05, 0) is 24.5 Å². The Kier molecular flexibility index (Phi) is 3.07. The third-order valence-electron chi connectivity index (χ3n) is 4.44. The van der Waals surface area contributed by atoms with Crippen LogP contribution in [0.5, 0.6) is 0 Å². The van der Waals surface area contributed by atoms with Crippen molar-refractivity contribution in [2.45, 2.75) is 25.3 Å². The van der Waals surface area contributed by atoms with Crippen molar-refractivity contribution in [3.05, 3.63) is 29.8 Å². The molecule has 4 heteroatoms. The van der Waals surface area contributed by atoms with Gasteiger partial charge in [0.05, 0.1) is 0 Å². The van der Waals surface area contributed by atoms with Crippen LogP contribution in [0.1, 0.15) is 30.9 Å². The number of hydrogen-bond donors (Lipinski definition) is 2. The Labute approximate surface area is 113 Å². The standard InChI is InChI=1S/C15H20N2O2/c1-17-13-5-3-2-4-11(13)12(8-14(17)19)16-9-15(10-18)6-7-15/h2-5,12,16,18H,6-10H2,1H3. The summed E-state index contributed by atoms with van der Waals surface area (Å²) in [6, 6.07) is 8.11. The smallest absolute Gasteiger partial charge is 0.228 e. The maximum Gasteiger partial charge on any atom is 0.228 e. The first-order chi connectivity index (χ1) is 9.15. The van der Waals surface area contributed by atoms with E-state index in [1.807, 2.05) is 25.2 Å². The summed E-state index contributed by atoms with van der Waals surface area (Å²) >= 11 is 0. The van der Waals surface area contributed by atoms with E-state index in [0.717, 1.165) is 25.1 Å². The van der Waals surface area contributed by atoms with E-state index in [4.69, 9.17) is 0 Å². The molecular weight excluding hydrogens is 240 g/mol. The van der Waals surface area contributed by atoms with Crippen molar-refractivity contribution in [3.8, 4) is 0 Å². The Hall–Kier alpha value is -1.39. The summed E-state index contributed by atoms with van der Waals surface area (Å²) in [5.41, 5.74) is 2.24. The van der Waals surface area contributed by atoms with Crippen molar-refractivity contribution in [2.75, 3.05) is 25.1 Å². The van der Waals surface area contributed by atoms with E-state index in [1.165, 1.54) is 5.56 Å². The van der Waals surface area contributed by atoms with Crippen LogP contribution in [-0.4, -0.2) is 31.2 Å². The molecule has 1 fully saturated rings. The Morgan fingerprint density at radius 2 is 2.16 bits per heavy atom. The van der Waals surface area contributed by atoms with Gasteiger partial charge in [0, 0.05) is 43.8 Å². The first kappa shape index (κ1) is 12.6. The second-order valence-electron chi connectivity index (χ2n) is 5.81. The molecule has 0 spiro atoms. The zero-order valence-corrected chi connectivity index (χ0v) is 11.2. The molecule has 102 valence electrons. The van der Waals surface area contributed by atoms with Crippen LogP contribution in [0.15, 0.2) is 24.3 Å². The van der Waals surface area contributed by atoms with Crippen molar-refractivity contribution >= 4 is 11.6 Å². The normalized spacial score (nSPS) is 24.2. The molecule has 0 saturated heterocycles. The molecule has 0 radical (unpaired) electrons. The van der Waals surface area contributed by atoms with Crippen LogP contribution >= 0.6 is 0 Å². The second-order valence-corrected chi connectivity index (χ2v) is 5.81. The minimum atomic E-state index is 0.0708.